The van der Waals surface area contributed by atoms with Gasteiger partial charge in [0.05, 0.1) is 5.56 Å². The van der Waals surface area contributed by atoms with Crippen LogP contribution in [0.5, 0.6) is 0 Å². The summed E-state index contributed by atoms with van der Waals surface area (Å²) in [6, 6.07) is 12.7. The summed E-state index contributed by atoms with van der Waals surface area (Å²) in [5.41, 5.74) is 3.73. The number of ketones is 1. The maximum Gasteiger partial charge on any atom is 0.252 e. The number of hydrogen-bond acceptors (Lipinski definition) is 3. The summed E-state index contributed by atoms with van der Waals surface area (Å²) >= 11 is 0. The quantitative estimate of drug-likeness (QED) is 0.786. The molecule has 1 fully saturated rings. The minimum Gasteiger partial charge on any atom is -0.352 e. The number of amides is 1. The first kappa shape index (κ1) is 18.3. The van der Waals surface area contributed by atoms with Crippen molar-refractivity contribution in [2.45, 2.75) is 26.7 Å². The van der Waals surface area contributed by atoms with Gasteiger partial charge in [-0.2, -0.15) is 0 Å². The maximum atomic E-state index is 12.9. The summed E-state index contributed by atoms with van der Waals surface area (Å²) < 4.78 is 0. The molecule has 1 saturated heterocycles. The van der Waals surface area contributed by atoms with Crippen molar-refractivity contribution >= 4 is 11.7 Å². The number of carbonyl (C=O) groups is 2. The number of aryl methyl sites for hydroxylation is 2. The first-order chi connectivity index (χ1) is 12.6. The average Bonchev–Trinajstić information content (AvgIpc) is 3.17. The fourth-order valence-electron chi connectivity index (χ4n) is 3.36. The molecule has 4 heteroatoms. The predicted octanol–water partition coefficient (Wildman–Crippen LogP) is 3.26. The number of benzene rings is 2. The van der Waals surface area contributed by atoms with Crippen LogP contribution in [0.4, 0.5) is 0 Å². The Hall–Kier alpha value is -2.46. The molecule has 1 aliphatic heterocycles. The van der Waals surface area contributed by atoms with Gasteiger partial charge in [-0.25, -0.2) is 0 Å². The minimum atomic E-state index is -0.177. The molecule has 2 N–H and O–H groups in total. The molecule has 0 radical (unpaired) electrons. The van der Waals surface area contributed by atoms with Gasteiger partial charge in [0, 0.05) is 17.7 Å². The second kappa shape index (κ2) is 8.28. The fraction of sp³-hybridized carbons (Fsp3) is 0.364. The van der Waals surface area contributed by atoms with E-state index < -0.39 is 0 Å². The molecule has 1 atom stereocenters. The van der Waals surface area contributed by atoms with Crippen LogP contribution in [-0.2, 0) is 0 Å². The highest BCUT2D eigenvalue weighted by molar-refractivity contribution is 6.15. The first-order valence-corrected chi connectivity index (χ1v) is 9.26. The van der Waals surface area contributed by atoms with E-state index in [2.05, 4.69) is 10.6 Å². The van der Waals surface area contributed by atoms with Crippen LogP contribution in [0.2, 0.25) is 0 Å². The molecule has 2 aromatic carbocycles. The van der Waals surface area contributed by atoms with Gasteiger partial charge in [-0.3, -0.25) is 9.59 Å². The third-order valence-electron chi connectivity index (χ3n) is 5.19. The number of nitrogens with one attached hydrogen (secondary N) is 2. The Labute approximate surface area is 155 Å². The zero-order valence-electron chi connectivity index (χ0n) is 15.5. The molecule has 26 heavy (non-hydrogen) atoms. The third kappa shape index (κ3) is 4.20. The monoisotopic (exact) mass is 350 g/mol. The van der Waals surface area contributed by atoms with E-state index in [1.165, 1.54) is 0 Å². The molecule has 1 heterocycles. The highest BCUT2D eigenvalue weighted by Crippen LogP contribution is 2.18. The van der Waals surface area contributed by atoms with Crippen LogP contribution in [0.3, 0.4) is 0 Å². The van der Waals surface area contributed by atoms with Crippen molar-refractivity contribution < 1.29 is 9.59 Å². The van der Waals surface area contributed by atoms with Crippen LogP contribution in [0.15, 0.2) is 42.5 Å². The molecule has 3 rings (SSSR count). The van der Waals surface area contributed by atoms with Crippen molar-refractivity contribution in [1.82, 2.24) is 10.6 Å². The van der Waals surface area contributed by atoms with Crippen molar-refractivity contribution in [3.63, 3.8) is 0 Å². The maximum absolute atomic E-state index is 12.9. The molecule has 1 unspecified atom stereocenters. The van der Waals surface area contributed by atoms with E-state index in [9.17, 15) is 9.59 Å². The van der Waals surface area contributed by atoms with E-state index in [0.29, 0.717) is 29.2 Å². The van der Waals surface area contributed by atoms with E-state index >= 15 is 0 Å². The standard InChI is InChI=1S/C22H26N2O2/c1-15-7-8-18(13-16(15)2)21(25)19-5-3-4-6-20(19)22(26)24-12-10-17-9-11-23-14-17/h3-8,13,17,23H,9-12,14H2,1-2H3,(H,24,26). The van der Waals surface area contributed by atoms with Gasteiger partial charge >= 0.3 is 0 Å². The van der Waals surface area contributed by atoms with E-state index in [1.54, 1.807) is 24.3 Å². The summed E-state index contributed by atoms with van der Waals surface area (Å²) in [7, 11) is 0. The Kier molecular flexibility index (Phi) is 5.84. The van der Waals surface area contributed by atoms with Gasteiger partial charge in [0.1, 0.15) is 0 Å². The SMILES string of the molecule is Cc1ccc(C(=O)c2ccccc2C(=O)NCCC2CCNC2)cc1C. The first-order valence-electron chi connectivity index (χ1n) is 9.26. The molecule has 136 valence electrons. The Bertz CT molecular complexity index is 808. The zero-order valence-corrected chi connectivity index (χ0v) is 15.5. The molecule has 1 aliphatic rings. The van der Waals surface area contributed by atoms with Crippen LogP contribution in [0.1, 0.15) is 50.2 Å². The number of hydrogen-bond donors (Lipinski definition) is 2. The Balaban J connectivity index is 1.73. The molecular weight excluding hydrogens is 324 g/mol. The molecule has 0 spiro atoms. The molecule has 1 amide bonds. The van der Waals surface area contributed by atoms with Gasteiger partial charge in [0.25, 0.3) is 5.91 Å². The van der Waals surface area contributed by atoms with Crippen molar-refractivity contribution in [3.8, 4) is 0 Å². The van der Waals surface area contributed by atoms with Crippen LogP contribution in [0, 0.1) is 19.8 Å². The fourth-order valence-corrected chi connectivity index (χ4v) is 3.36. The molecular formula is C22H26N2O2. The predicted molar refractivity (Wildman–Crippen MR) is 104 cm³/mol. The normalized spacial score (nSPS) is 16.5. The summed E-state index contributed by atoms with van der Waals surface area (Å²) in [5.74, 6) is 0.338. The van der Waals surface area contributed by atoms with Crippen LogP contribution in [0.25, 0.3) is 0 Å². The summed E-state index contributed by atoms with van der Waals surface area (Å²) in [6.45, 7) is 6.73. The van der Waals surface area contributed by atoms with Crippen molar-refractivity contribution in [2.24, 2.45) is 5.92 Å². The van der Waals surface area contributed by atoms with Crippen LogP contribution < -0.4 is 10.6 Å². The second-order valence-corrected chi connectivity index (χ2v) is 7.08. The lowest BCUT2D eigenvalue weighted by atomic mass is 9.95. The zero-order chi connectivity index (χ0) is 18.5. The second-order valence-electron chi connectivity index (χ2n) is 7.08. The summed E-state index contributed by atoms with van der Waals surface area (Å²) in [5, 5.41) is 6.31. The van der Waals surface area contributed by atoms with E-state index in [0.717, 1.165) is 37.1 Å². The van der Waals surface area contributed by atoms with Gasteiger partial charge in [-0.05, 0) is 69.0 Å². The average molecular weight is 350 g/mol. The Morgan fingerprint density at radius 2 is 1.85 bits per heavy atom. The Morgan fingerprint density at radius 3 is 2.54 bits per heavy atom. The lowest BCUT2D eigenvalue weighted by molar-refractivity contribution is 0.0940. The lowest BCUT2D eigenvalue weighted by Gasteiger charge is -2.12. The van der Waals surface area contributed by atoms with E-state index in [1.807, 2.05) is 32.0 Å². The van der Waals surface area contributed by atoms with Gasteiger partial charge in [-0.15, -0.1) is 0 Å². The third-order valence-corrected chi connectivity index (χ3v) is 5.19. The van der Waals surface area contributed by atoms with Crippen molar-refractivity contribution in [1.29, 1.82) is 0 Å². The Morgan fingerprint density at radius 1 is 1.08 bits per heavy atom. The van der Waals surface area contributed by atoms with Crippen molar-refractivity contribution in [3.05, 3.63) is 70.3 Å². The molecule has 0 aromatic heterocycles. The van der Waals surface area contributed by atoms with Crippen LogP contribution >= 0.6 is 0 Å². The summed E-state index contributed by atoms with van der Waals surface area (Å²) in [6.07, 6.45) is 2.13. The lowest BCUT2D eigenvalue weighted by Crippen LogP contribution is -2.28. The largest absolute Gasteiger partial charge is 0.352 e. The van der Waals surface area contributed by atoms with Crippen molar-refractivity contribution in [2.75, 3.05) is 19.6 Å². The molecule has 2 aromatic rings. The van der Waals surface area contributed by atoms with Gasteiger partial charge in [-0.1, -0.05) is 30.3 Å². The van der Waals surface area contributed by atoms with Gasteiger partial charge < -0.3 is 10.6 Å². The smallest absolute Gasteiger partial charge is 0.252 e. The number of carbonyl (C=O) groups excluding carboxylic acids is 2. The summed E-state index contributed by atoms with van der Waals surface area (Å²) in [4.78, 5) is 25.5. The molecule has 0 saturated carbocycles. The van der Waals surface area contributed by atoms with Gasteiger partial charge in [0.2, 0.25) is 0 Å². The van der Waals surface area contributed by atoms with E-state index in [-0.39, 0.29) is 11.7 Å². The molecule has 0 aliphatic carbocycles. The van der Waals surface area contributed by atoms with E-state index in [4.69, 9.17) is 0 Å². The highest BCUT2D eigenvalue weighted by atomic mass is 16.2. The molecule has 0 bridgehead atoms. The van der Waals surface area contributed by atoms with Crippen LogP contribution in [-0.4, -0.2) is 31.3 Å². The highest BCUT2D eigenvalue weighted by Gasteiger charge is 2.19. The molecule has 4 nitrogen and oxygen atoms in total. The topological polar surface area (TPSA) is 58.2 Å². The van der Waals surface area contributed by atoms with Gasteiger partial charge in [0.15, 0.2) is 5.78 Å². The minimum absolute atomic E-state index is 0.112. The number of rotatable bonds is 6.